The zero-order valence-corrected chi connectivity index (χ0v) is 22.1. The first-order chi connectivity index (χ1) is 15.7. The van der Waals surface area contributed by atoms with E-state index in [2.05, 4.69) is 61.0 Å². The molecular weight excluding hydrogens is 531 g/mol. The van der Waals surface area contributed by atoms with Crippen molar-refractivity contribution >= 4 is 35.6 Å². The van der Waals surface area contributed by atoms with Gasteiger partial charge in [-0.1, -0.05) is 18.2 Å². The lowest BCUT2D eigenvalue weighted by molar-refractivity contribution is 0.0376. The Labute approximate surface area is 214 Å². The van der Waals surface area contributed by atoms with Crippen LogP contribution in [0.25, 0.3) is 0 Å². The summed E-state index contributed by atoms with van der Waals surface area (Å²) in [4.78, 5) is 9.73. The molecule has 2 aliphatic heterocycles. The van der Waals surface area contributed by atoms with Crippen molar-refractivity contribution in [3.63, 3.8) is 0 Å². The minimum Gasteiger partial charge on any atom is -0.379 e. The topological polar surface area (TPSA) is 82.8 Å². The van der Waals surface area contributed by atoms with Crippen molar-refractivity contribution in [2.75, 3.05) is 57.4 Å². The Bertz CT molecular complexity index is 869. The molecule has 0 spiro atoms. The number of aliphatic imine (C=N–C) groups is 1. The van der Waals surface area contributed by atoms with E-state index in [1.54, 1.807) is 0 Å². The van der Waals surface area contributed by atoms with Crippen LogP contribution < -0.4 is 15.5 Å². The number of morpholine rings is 1. The van der Waals surface area contributed by atoms with E-state index < -0.39 is 0 Å². The minimum atomic E-state index is 0. The lowest BCUT2D eigenvalue weighted by Crippen LogP contribution is -2.45. The Balaban J connectivity index is 0.00000306. The molecule has 2 N–H and O–H groups in total. The van der Waals surface area contributed by atoms with Crippen molar-refractivity contribution in [2.24, 2.45) is 12.0 Å². The number of anilines is 1. The fourth-order valence-electron chi connectivity index (χ4n) is 4.17. The van der Waals surface area contributed by atoms with Crippen LogP contribution in [0.15, 0.2) is 35.3 Å². The predicted octanol–water partition coefficient (Wildman–Crippen LogP) is 1.78. The normalized spacial score (nSPS) is 19.4. The van der Waals surface area contributed by atoms with E-state index in [9.17, 15) is 0 Å². The van der Waals surface area contributed by atoms with E-state index >= 15 is 0 Å². The summed E-state index contributed by atoms with van der Waals surface area (Å²) in [6.45, 7) is 10.2. The molecule has 0 amide bonds. The van der Waals surface area contributed by atoms with Gasteiger partial charge in [0.2, 0.25) is 0 Å². The van der Waals surface area contributed by atoms with Crippen molar-refractivity contribution in [1.29, 1.82) is 0 Å². The van der Waals surface area contributed by atoms with Crippen LogP contribution in [0.3, 0.4) is 0 Å². The summed E-state index contributed by atoms with van der Waals surface area (Å²) in [5, 5.41) is 15.6. The number of guanidine groups is 1. The molecule has 3 heterocycles. The summed E-state index contributed by atoms with van der Waals surface area (Å²) in [6.07, 6.45) is 2.16. The molecule has 2 aliphatic rings. The van der Waals surface area contributed by atoms with Gasteiger partial charge in [0.1, 0.15) is 12.4 Å². The van der Waals surface area contributed by atoms with E-state index in [1.165, 1.54) is 5.69 Å². The van der Waals surface area contributed by atoms with Gasteiger partial charge in [-0.2, -0.15) is 0 Å². The Morgan fingerprint density at radius 3 is 2.67 bits per heavy atom. The third-order valence-corrected chi connectivity index (χ3v) is 6.26. The van der Waals surface area contributed by atoms with Gasteiger partial charge in [0.15, 0.2) is 11.8 Å². The lowest BCUT2D eigenvalue weighted by atomic mass is 10.2. The zero-order valence-electron chi connectivity index (χ0n) is 19.7. The fourth-order valence-corrected chi connectivity index (χ4v) is 4.17. The average Bonchev–Trinajstić information content (AvgIpc) is 3.43. The molecule has 0 saturated carbocycles. The van der Waals surface area contributed by atoms with Gasteiger partial charge in [-0.3, -0.25) is 4.90 Å². The van der Waals surface area contributed by atoms with Gasteiger partial charge in [0.05, 0.1) is 13.2 Å². The third-order valence-electron chi connectivity index (χ3n) is 6.26. The van der Waals surface area contributed by atoms with Crippen molar-refractivity contribution < 1.29 is 4.74 Å². The largest absolute Gasteiger partial charge is 0.379 e. The number of hydrogen-bond donors (Lipinski definition) is 2. The molecule has 2 saturated heterocycles. The van der Waals surface area contributed by atoms with E-state index in [0.29, 0.717) is 12.6 Å². The molecule has 1 aromatic carbocycles. The average molecular weight is 569 g/mol. The van der Waals surface area contributed by atoms with Crippen LogP contribution in [0.4, 0.5) is 5.69 Å². The number of benzene rings is 1. The molecule has 9 nitrogen and oxygen atoms in total. The summed E-state index contributed by atoms with van der Waals surface area (Å²) < 4.78 is 7.43. The van der Waals surface area contributed by atoms with E-state index in [1.807, 2.05) is 18.5 Å². The van der Waals surface area contributed by atoms with Gasteiger partial charge in [-0.15, -0.1) is 34.2 Å². The number of nitrogens with one attached hydrogen (secondary N) is 2. The van der Waals surface area contributed by atoms with Gasteiger partial charge in [-0.05, 0) is 38.4 Å². The summed E-state index contributed by atoms with van der Waals surface area (Å²) in [5.74, 6) is 2.62. The molecule has 0 radical (unpaired) electrons. The van der Waals surface area contributed by atoms with Gasteiger partial charge < -0.3 is 24.8 Å². The number of hydrogen-bond acceptors (Lipinski definition) is 6. The maximum absolute atomic E-state index is 5.44. The molecule has 33 heavy (non-hydrogen) atoms. The van der Waals surface area contributed by atoms with E-state index in [0.717, 1.165) is 82.9 Å². The number of ether oxygens (including phenoxy) is 1. The first-order valence-electron chi connectivity index (χ1n) is 11.7. The van der Waals surface area contributed by atoms with Crippen molar-refractivity contribution in [2.45, 2.75) is 32.4 Å². The van der Waals surface area contributed by atoms with Crippen molar-refractivity contribution in [1.82, 2.24) is 30.3 Å². The fraction of sp³-hybridized carbons (Fsp3) is 0.609. The first-order valence-corrected chi connectivity index (χ1v) is 11.7. The smallest absolute Gasteiger partial charge is 0.191 e. The lowest BCUT2D eigenvalue weighted by Gasteiger charge is -2.26. The van der Waals surface area contributed by atoms with Crippen molar-refractivity contribution in [3.8, 4) is 0 Å². The summed E-state index contributed by atoms with van der Waals surface area (Å²) >= 11 is 0. The molecule has 1 atom stereocenters. The van der Waals surface area contributed by atoms with Crippen LogP contribution in [0, 0.1) is 6.92 Å². The number of aromatic nitrogens is 3. The maximum Gasteiger partial charge on any atom is 0.191 e. The summed E-state index contributed by atoms with van der Waals surface area (Å²) in [7, 11) is 1.98. The van der Waals surface area contributed by atoms with Crippen molar-refractivity contribution in [3.05, 3.63) is 42.0 Å². The molecule has 2 aromatic rings. The molecule has 0 aliphatic carbocycles. The summed E-state index contributed by atoms with van der Waals surface area (Å²) in [5.41, 5.74) is 1.28. The highest BCUT2D eigenvalue weighted by Gasteiger charge is 2.23. The highest BCUT2D eigenvalue weighted by atomic mass is 127. The molecule has 2 fully saturated rings. The minimum absolute atomic E-state index is 0. The second-order valence-corrected chi connectivity index (χ2v) is 8.53. The molecule has 1 unspecified atom stereocenters. The quantitative estimate of drug-likeness (QED) is 0.218. The second kappa shape index (κ2) is 13.1. The highest BCUT2D eigenvalue weighted by molar-refractivity contribution is 14.0. The SMILES string of the molecule is Cc1nnc(CN=C(NCCCN2CCOCC2)NC2CCN(c3ccccc3)C2)n1C.I. The molecule has 0 bridgehead atoms. The van der Waals surface area contributed by atoms with Gasteiger partial charge in [0.25, 0.3) is 0 Å². The predicted molar refractivity (Wildman–Crippen MR) is 142 cm³/mol. The number of para-hydroxylation sites is 1. The van der Waals surface area contributed by atoms with E-state index in [4.69, 9.17) is 9.73 Å². The van der Waals surface area contributed by atoms with Crippen LogP contribution in [0.2, 0.25) is 0 Å². The molecule has 1 aromatic heterocycles. The number of rotatable bonds is 8. The molecule has 10 heteroatoms. The third kappa shape index (κ3) is 7.54. The zero-order chi connectivity index (χ0) is 22.2. The number of halogens is 1. The van der Waals surface area contributed by atoms with Gasteiger partial charge >= 0.3 is 0 Å². The first kappa shape index (κ1) is 25.7. The van der Waals surface area contributed by atoms with Gasteiger partial charge in [0, 0.05) is 51.5 Å². The molecule has 182 valence electrons. The van der Waals surface area contributed by atoms with Gasteiger partial charge in [-0.25, -0.2) is 4.99 Å². The monoisotopic (exact) mass is 568 g/mol. The maximum atomic E-state index is 5.44. The van der Waals surface area contributed by atoms with Crippen LogP contribution >= 0.6 is 24.0 Å². The Morgan fingerprint density at radius 2 is 1.94 bits per heavy atom. The highest BCUT2D eigenvalue weighted by Crippen LogP contribution is 2.19. The van der Waals surface area contributed by atoms with Crippen LogP contribution in [0.1, 0.15) is 24.5 Å². The van der Waals surface area contributed by atoms with Crippen LogP contribution in [-0.2, 0) is 18.3 Å². The number of nitrogens with zero attached hydrogens (tertiary/aromatic N) is 6. The standard InChI is InChI=1S/C23H36N8O.HI/c1-19-27-28-22(29(19)2)17-25-23(24-10-6-11-30-13-15-32-16-14-30)26-20-9-12-31(18-20)21-7-4-3-5-8-21;/h3-5,7-8,20H,6,9-18H2,1-2H3,(H2,24,25,26);1H. The van der Waals surface area contributed by atoms with Crippen LogP contribution in [0.5, 0.6) is 0 Å². The summed E-state index contributed by atoms with van der Waals surface area (Å²) in [6, 6.07) is 11.0. The van der Waals surface area contributed by atoms with Crippen LogP contribution in [-0.4, -0.2) is 84.1 Å². The Kier molecular flexibility index (Phi) is 10.2. The molecular formula is C23H37IN8O. The van der Waals surface area contributed by atoms with E-state index in [-0.39, 0.29) is 24.0 Å². The second-order valence-electron chi connectivity index (χ2n) is 8.53. The number of aryl methyl sites for hydroxylation is 1. The Morgan fingerprint density at radius 1 is 1.15 bits per heavy atom. The Hall–Kier alpha value is -1.92. The molecule has 4 rings (SSSR count).